The van der Waals surface area contributed by atoms with Crippen molar-refractivity contribution in [2.24, 2.45) is 5.92 Å². The third kappa shape index (κ3) is 2.91. The molecule has 0 spiro atoms. The summed E-state index contributed by atoms with van der Waals surface area (Å²) in [5.74, 6) is 0.445. The number of hydrogen-bond acceptors (Lipinski definition) is 2. The van der Waals surface area contributed by atoms with E-state index in [0.717, 1.165) is 0 Å². The molecule has 2 heteroatoms. The van der Waals surface area contributed by atoms with E-state index >= 15 is 0 Å². The Hall–Kier alpha value is -0.860. The van der Waals surface area contributed by atoms with Gasteiger partial charge in [0.05, 0.1) is 0 Å². The lowest BCUT2D eigenvalue weighted by Gasteiger charge is -2.33. The number of aryl methyl sites for hydroxylation is 2. The molecule has 3 rings (SSSR count). The standard InChI is InChI=1S/C18H27NO/c1-13(19-18-8-3-2-5-17(18)12-20)15-10-9-14-6-4-7-16(14)11-15/h9-11,13,17-20H,2-8,12H2,1H3. The smallest absolute Gasteiger partial charge is 0.0474 e. The fourth-order valence-corrected chi connectivity index (χ4v) is 3.92. The van der Waals surface area contributed by atoms with Crippen LogP contribution in [-0.2, 0) is 12.8 Å². The quantitative estimate of drug-likeness (QED) is 0.881. The van der Waals surface area contributed by atoms with Crippen LogP contribution in [0.1, 0.15) is 61.8 Å². The van der Waals surface area contributed by atoms with Crippen LogP contribution < -0.4 is 5.32 Å². The van der Waals surface area contributed by atoms with Crippen molar-refractivity contribution in [2.75, 3.05) is 6.61 Å². The Balaban J connectivity index is 1.67. The zero-order valence-corrected chi connectivity index (χ0v) is 12.6. The summed E-state index contributed by atoms with van der Waals surface area (Å²) >= 11 is 0. The number of aliphatic hydroxyl groups is 1. The third-order valence-electron chi connectivity index (χ3n) is 5.23. The van der Waals surface area contributed by atoms with Crippen molar-refractivity contribution in [3.05, 3.63) is 34.9 Å². The van der Waals surface area contributed by atoms with Gasteiger partial charge >= 0.3 is 0 Å². The van der Waals surface area contributed by atoms with Gasteiger partial charge in [0.25, 0.3) is 0 Å². The van der Waals surface area contributed by atoms with Gasteiger partial charge in [-0.3, -0.25) is 0 Å². The molecule has 3 atom stereocenters. The van der Waals surface area contributed by atoms with Crippen LogP contribution >= 0.6 is 0 Å². The number of fused-ring (bicyclic) bond motifs is 1. The molecule has 0 aromatic heterocycles. The minimum absolute atomic E-state index is 0.328. The summed E-state index contributed by atoms with van der Waals surface area (Å²) in [6, 6.07) is 7.88. The van der Waals surface area contributed by atoms with Crippen molar-refractivity contribution < 1.29 is 5.11 Å². The highest BCUT2D eigenvalue weighted by Gasteiger charge is 2.26. The minimum Gasteiger partial charge on any atom is -0.396 e. The maximum atomic E-state index is 9.53. The number of nitrogens with one attached hydrogen (secondary N) is 1. The van der Waals surface area contributed by atoms with E-state index in [1.54, 1.807) is 11.1 Å². The van der Waals surface area contributed by atoms with E-state index in [0.29, 0.717) is 24.6 Å². The second-order valence-electron chi connectivity index (χ2n) is 6.60. The molecule has 2 nitrogen and oxygen atoms in total. The minimum atomic E-state index is 0.328. The molecule has 1 fully saturated rings. The monoisotopic (exact) mass is 273 g/mol. The summed E-state index contributed by atoms with van der Waals surface area (Å²) in [4.78, 5) is 0. The van der Waals surface area contributed by atoms with Crippen LogP contribution in [-0.4, -0.2) is 17.8 Å². The normalized spacial score (nSPS) is 27.3. The maximum absolute atomic E-state index is 9.53. The Bertz CT molecular complexity index is 457. The summed E-state index contributed by atoms with van der Waals surface area (Å²) in [5, 5.41) is 13.3. The molecule has 0 aliphatic heterocycles. The van der Waals surface area contributed by atoms with Crippen molar-refractivity contribution >= 4 is 0 Å². The van der Waals surface area contributed by atoms with Crippen LogP contribution in [0.4, 0.5) is 0 Å². The summed E-state index contributed by atoms with van der Waals surface area (Å²) in [5.41, 5.74) is 4.51. The van der Waals surface area contributed by atoms with E-state index in [1.165, 1.54) is 50.5 Å². The van der Waals surface area contributed by atoms with Crippen LogP contribution in [0.25, 0.3) is 0 Å². The largest absolute Gasteiger partial charge is 0.396 e. The summed E-state index contributed by atoms with van der Waals surface area (Å²) in [6.45, 7) is 2.59. The second kappa shape index (κ2) is 6.28. The highest BCUT2D eigenvalue weighted by molar-refractivity contribution is 5.36. The van der Waals surface area contributed by atoms with Crippen LogP contribution in [0.15, 0.2) is 18.2 Å². The second-order valence-corrected chi connectivity index (χ2v) is 6.60. The molecule has 0 heterocycles. The molecular weight excluding hydrogens is 246 g/mol. The van der Waals surface area contributed by atoms with Gasteiger partial charge in [0.2, 0.25) is 0 Å². The fraction of sp³-hybridized carbons (Fsp3) is 0.667. The molecule has 20 heavy (non-hydrogen) atoms. The predicted octanol–water partition coefficient (Wildman–Crippen LogP) is 3.38. The highest BCUT2D eigenvalue weighted by Crippen LogP contribution is 2.28. The van der Waals surface area contributed by atoms with Crippen LogP contribution in [0, 0.1) is 5.92 Å². The Morgan fingerprint density at radius 1 is 1.15 bits per heavy atom. The van der Waals surface area contributed by atoms with Gasteiger partial charge in [-0.1, -0.05) is 31.0 Å². The number of benzene rings is 1. The number of hydrogen-bond donors (Lipinski definition) is 2. The Labute approximate surface area is 122 Å². The SMILES string of the molecule is CC(NC1CCCCC1CO)c1ccc2c(c1)CCC2. The van der Waals surface area contributed by atoms with Gasteiger partial charge in [-0.15, -0.1) is 0 Å². The van der Waals surface area contributed by atoms with Crippen molar-refractivity contribution in [3.63, 3.8) is 0 Å². The molecular formula is C18H27NO. The van der Waals surface area contributed by atoms with E-state index < -0.39 is 0 Å². The molecule has 1 saturated carbocycles. The van der Waals surface area contributed by atoms with Gasteiger partial charge in [-0.25, -0.2) is 0 Å². The molecule has 110 valence electrons. The fourth-order valence-electron chi connectivity index (χ4n) is 3.92. The zero-order chi connectivity index (χ0) is 13.9. The molecule has 0 bridgehead atoms. The first-order valence-corrected chi connectivity index (χ1v) is 8.26. The molecule has 1 aromatic carbocycles. The zero-order valence-electron chi connectivity index (χ0n) is 12.6. The molecule has 1 aromatic rings. The van der Waals surface area contributed by atoms with Crippen molar-refractivity contribution in [2.45, 2.75) is 64.0 Å². The van der Waals surface area contributed by atoms with Crippen LogP contribution in [0.3, 0.4) is 0 Å². The molecule has 2 aliphatic carbocycles. The molecule has 0 radical (unpaired) electrons. The van der Waals surface area contributed by atoms with Gasteiger partial charge in [0.15, 0.2) is 0 Å². The van der Waals surface area contributed by atoms with Gasteiger partial charge in [0.1, 0.15) is 0 Å². The van der Waals surface area contributed by atoms with E-state index in [-0.39, 0.29) is 0 Å². The summed E-state index contributed by atoms with van der Waals surface area (Å²) in [7, 11) is 0. The van der Waals surface area contributed by atoms with Gasteiger partial charge in [0, 0.05) is 18.7 Å². The first kappa shape index (κ1) is 14.1. The molecule has 0 amide bonds. The third-order valence-corrected chi connectivity index (χ3v) is 5.23. The molecule has 2 N–H and O–H groups in total. The van der Waals surface area contributed by atoms with Crippen LogP contribution in [0.2, 0.25) is 0 Å². The lowest BCUT2D eigenvalue weighted by Crippen LogP contribution is -2.41. The van der Waals surface area contributed by atoms with E-state index in [2.05, 4.69) is 30.4 Å². The van der Waals surface area contributed by atoms with Gasteiger partial charge in [-0.2, -0.15) is 0 Å². The lowest BCUT2D eigenvalue weighted by atomic mass is 9.84. The Morgan fingerprint density at radius 3 is 2.80 bits per heavy atom. The molecule has 0 saturated heterocycles. The van der Waals surface area contributed by atoms with E-state index in [9.17, 15) is 5.11 Å². The molecule has 3 unspecified atom stereocenters. The Kier molecular flexibility index (Phi) is 4.42. The average molecular weight is 273 g/mol. The number of rotatable bonds is 4. The van der Waals surface area contributed by atoms with E-state index in [4.69, 9.17) is 0 Å². The average Bonchev–Trinajstić information content (AvgIpc) is 2.95. The Morgan fingerprint density at radius 2 is 1.95 bits per heavy atom. The van der Waals surface area contributed by atoms with Gasteiger partial charge < -0.3 is 10.4 Å². The first-order valence-electron chi connectivity index (χ1n) is 8.26. The summed E-state index contributed by atoms with van der Waals surface area (Å²) in [6.07, 6.45) is 8.77. The van der Waals surface area contributed by atoms with Gasteiger partial charge in [-0.05, 0) is 61.6 Å². The first-order chi connectivity index (χ1) is 9.78. The predicted molar refractivity (Wildman–Crippen MR) is 82.8 cm³/mol. The van der Waals surface area contributed by atoms with Crippen molar-refractivity contribution in [3.8, 4) is 0 Å². The van der Waals surface area contributed by atoms with E-state index in [1.807, 2.05) is 0 Å². The molecule has 2 aliphatic rings. The highest BCUT2D eigenvalue weighted by atomic mass is 16.3. The maximum Gasteiger partial charge on any atom is 0.0474 e. The van der Waals surface area contributed by atoms with Crippen LogP contribution in [0.5, 0.6) is 0 Å². The topological polar surface area (TPSA) is 32.3 Å². The lowest BCUT2D eigenvalue weighted by molar-refractivity contribution is 0.147. The van der Waals surface area contributed by atoms with Crippen molar-refractivity contribution in [1.82, 2.24) is 5.32 Å². The summed E-state index contributed by atoms with van der Waals surface area (Å²) < 4.78 is 0. The van der Waals surface area contributed by atoms with Crippen molar-refractivity contribution in [1.29, 1.82) is 0 Å². The number of aliphatic hydroxyl groups excluding tert-OH is 1.